The number of rotatable bonds is 6. The zero-order valence-electron chi connectivity index (χ0n) is 17.0. The third kappa shape index (κ3) is 4.54. The summed E-state index contributed by atoms with van der Waals surface area (Å²) >= 11 is 1.48. The van der Waals surface area contributed by atoms with Gasteiger partial charge in [0.1, 0.15) is 5.82 Å². The van der Waals surface area contributed by atoms with Gasteiger partial charge in [0.2, 0.25) is 17.8 Å². The van der Waals surface area contributed by atoms with E-state index in [1.165, 1.54) is 22.9 Å². The summed E-state index contributed by atoms with van der Waals surface area (Å²) in [6, 6.07) is 16.2. The normalized spacial score (nSPS) is 15.1. The van der Waals surface area contributed by atoms with Crippen molar-refractivity contribution in [2.24, 2.45) is 0 Å². The Kier molecular flexibility index (Phi) is 5.85. The fourth-order valence-electron chi connectivity index (χ4n) is 3.57. The van der Waals surface area contributed by atoms with E-state index in [1.54, 1.807) is 0 Å². The Morgan fingerprint density at radius 1 is 1.17 bits per heavy atom. The molecule has 0 radical (unpaired) electrons. The SMILES string of the molecule is Cc1ccc(Nc2nc(N)nc(CSCC(=O)N3c4ccccc4C[C@H]3C)n2)cc1. The van der Waals surface area contributed by atoms with Crippen molar-refractivity contribution in [1.82, 2.24) is 15.0 Å². The van der Waals surface area contributed by atoms with Crippen molar-refractivity contribution >= 4 is 40.9 Å². The highest BCUT2D eigenvalue weighted by Gasteiger charge is 2.30. The lowest BCUT2D eigenvalue weighted by Gasteiger charge is -2.22. The second kappa shape index (κ2) is 8.71. The number of aromatic nitrogens is 3. The minimum Gasteiger partial charge on any atom is -0.368 e. The Balaban J connectivity index is 1.37. The molecular formula is C22H24N6OS. The van der Waals surface area contributed by atoms with Gasteiger partial charge in [0.15, 0.2) is 0 Å². The first kappa shape index (κ1) is 20.2. The van der Waals surface area contributed by atoms with Crippen LogP contribution in [0, 0.1) is 6.92 Å². The molecule has 7 nitrogen and oxygen atoms in total. The highest BCUT2D eigenvalue weighted by molar-refractivity contribution is 7.99. The number of anilines is 4. The van der Waals surface area contributed by atoms with E-state index in [1.807, 2.05) is 54.3 Å². The third-order valence-corrected chi connectivity index (χ3v) is 5.85. The first-order chi connectivity index (χ1) is 14.5. The molecular weight excluding hydrogens is 396 g/mol. The number of fused-ring (bicyclic) bond motifs is 1. The number of thioether (sulfide) groups is 1. The molecule has 1 atom stereocenters. The van der Waals surface area contributed by atoms with Crippen molar-refractivity contribution in [3.05, 3.63) is 65.5 Å². The van der Waals surface area contributed by atoms with E-state index in [4.69, 9.17) is 5.73 Å². The molecule has 8 heteroatoms. The fourth-order valence-corrected chi connectivity index (χ4v) is 4.30. The number of carbonyl (C=O) groups is 1. The maximum Gasteiger partial charge on any atom is 0.237 e. The lowest BCUT2D eigenvalue weighted by molar-refractivity contribution is -0.116. The highest BCUT2D eigenvalue weighted by Crippen LogP contribution is 2.32. The summed E-state index contributed by atoms with van der Waals surface area (Å²) in [5.74, 6) is 2.02. The van der Waals surface area contributed by atoms with E-state index < -0.39 is 0 Å². The van der Waals surface area contributed by atoms with Gasteiger partial charge in [-0.1, -0.05) is 35.9 Å². The van der Waals surface area contributed by atoms with Crippen molar-refractivity contribution in [3.8, 4) is 0 Å². The minimum atomic E-state index is 0.0949. The van der Waals surface area contributed by atoms with Crippen LogP contribution in [0.15, 0.2) is 48.5 Å². The van der Waals surface area contributed by atoms with Gasteiger partial charge in [-0.15, -0.1) is 11.8 Å². The number of nitrogens with zero attached hydrogens (tertiary/aromatic N) is 4. The van der Waals surface area contributed by atoms with Crippen LogP contribution in [0.5, 0.6) is 0 Å². The molecule has 3 aromatic rings. The number of nitrogens with one attached hydrogen (secondary N) is 1. The molecule has 0 bridgehead atoms. The van der Waals surface area contributed by atoms with E-state index in [9.17, 15) is 4.79 Å². The lowest BCUT2D eigenvalue weighted by Crippen LogP contribution is -2.37. The Morgan fingerprint density at radius 3 is 2.73 bits per heavy atom. The summed E-state index contributed by atoms with van der Waals surface area (Å²) in [6.45, 7) is 4.11. The number of hydrogen-bond donors (Lipinski definition) is 2. The first-order valence-corrected chi connectivity index (χ1v) is 11.0. The van der Waals surface area contributed by atoms with Gasteiger partial charge in [-0.2, -0.15) is 15.0 Å². The van der Waals surface area contributed by atoms with Crippen molar-refractivity contribution in [1.29, 1.82) is 0 Å². The molecule has 0 unspecified atom stereocenters. The van der Waals surface area contributed by atoms with Gasteiger partial charge < -0.3 is 16.0 Å². The van der Waals surface area contributed by atoms with Crippen LogP contribution < -0.4 is 16.0 Å². The van der Waals surface area contributed by atoms with Crippen LogP contribution in [0.1, 0.15) is 23.9 Å². The van der Waals surface area contributed by atoms with Crippen LogP contribution in [-0.2, 0) is 17.0 Å². The number of nitrogen functional groups attached to an aromatic ring is 1. The van der Waals surface area contributed by atoms with Crippen molar-refractivity contribution in [2.45, 2.75) is 32.1 Å². The van der Waals surface area contributed by atoms with Gasteiger partial charge in [0, 0.05) is 17.4 Å². The number of benzene rings is 2. The maximum atomic E-state index is 12.8. The molecule has 0 aliphatic carbocycles. The molecule has 1 aliphatic rings. The molecule has 2 aromatic carbocycles. The average molecular weight is 421 g/mol. The van der Waals surface area contributed by atoms with Crippen LogP contribution >= 0.6 is 11.8 Å². The molecule has 4 rings (SSSR count). The molecule has 0 spiro atoms. The molecule has 0 saturated heterocycles. The molecule has 154 valence electrons. The van der Waals surface area contributed by atoms with Gasteiger partial charge >= 0.3 is 0 Å². The van der Waals surface area contributed by atoms with Crippen LogP contribution in [0.2, 0.25) is 0 Å². The Bertz CT molecular complexity index is 1060. The van der Waals surface area contributed by atoms with E-state index in [-0.39, 0.29) is 17.9 Å². The monoisotopic (exact) mass is 420 g/mol. The topological polar surface area (TPSA) is 97.0 Å². The molecule has 30 heavy (non-hydrogen) atoms. The number of nitrogens with two attached hydrogens (primary N) is 1. The van der Waals surface area contributed by atoms with E-state index in [2.05, 4.69) is 33.3 Å². The van der Waals surface area contributed by atoms with Gasteiger partial charge in [-0.3, -0.25) is 4.79 Å². The highest BCUT2D eigenvalue weighted by atomic mass is 32.2. The smallest absolute Gasteiger partial charge is 0.237 e. The first-order valence-electron chi connectivity index (χ1n) is 9.81. The molecule has 1 aliphatic heterocycles. The number of amides is 1. The van der Waals surface area contributed by atoms with Crippen LogP contribution in [-0.4, -0.2) is 32.7 Å². The number of aryl methyl sites for hydroxylation is 1. The summed E-state index contributed by atoms with van der Waals surface area (Å²) in [4.78, 5) is 27.5. The third-order valence-electron chi connectivity index (χ3n) is 4.94. The van der Waals surface area contributed by atoms with Crippen molar-refractivity contribution in [2.75, 3.05) is 21.7 Å². The van der Waals surface area contributed by atoms with E-state index in [0.717, 1.165) is 17.8 Å². The Hall–Kier alpha value is -3.13. The number of hydrogen-bond acceptors (Lipinski definition) is 7. The summed E-state index contributed by atoms with van der Waals surface area (Å²) in [5.41, 5.74) is 10.1. The lowest BCUT2D eigenvalue weighted by atomic mass is 10.1. The molecule has 3 N–H and O–H groups in total. The summed E-state index contributed by atoms with van der Waals surface area (Å²) in [6.07, 6.45) is 0.893. The summed E-state index contributed by atoms with van der Waals surface area (Å²) < 4.78 is 0. The van der Waals surface area contributed by atoms with E-state index in [0.29, 0.717) is 23.3 Å². The van der Waals surface area contributed by atoms with Crippen LogP contribution in [0.25, 0.3) is 0 Å². The van der Waals surface area contributed by atoms with Crippen LogP contribution in [0.4, 0.5) is 23.3 Å². The van der Waals surface area contributed by atoms with E-state index >= 15 is 0 Å². The average Bonchev–Trinajstić information content (AvgIpc) is 3.05. The van der Waals surface area contributed by atoms with Gasteiger partial charge in [-0.25, -0.2) is 0 Å². The minimum absolute atomic E-state index is 0.0949. The van der Waals surface area contributed by atoms with Crippen LogP contribution in [0.3, 0.4) is 0 Å². The Morgan fingerprint density at radius 2 is 1.93 bits per heavy atom. The van der Waals surface area contributed by atoms with Crippen molar-refractivity contribution < 1.29 is 4.79 Å². The summed E-state index contributed by atoms with van der Waals surface area (Å²) in [7, 11) is 0. The Labute approximate surface area is 180 Å². The summed E-state index contributed by atoms with van der Waals surface area (Å²) in [5, 5.41) is 3.15. The quantitative estimate of drug-likeness (QED) is 0.627. The predicted octanol–water partition coefficient (Wildman–Crippen LogP) is 3.72. The second-order valence-corrected chi connectivity index (χ2v) is 8.35. The molecule has 2 heterocycles. The zero-order valence-corrected chi connectivity index (χ0v) is 17.8. The van der Waals surface area contributed by atoms with Gasteiger partial charge in [0.05, 0.1) is 11.5 Å². The molecule has 1 aromatic heterocycles. The predicted molar refractivity (Wildman–Crippen MR) is 122 cm³/mol. The van der Waals surface area contributed by atoms with Gasteiger partial charge in [0.25, 0.3) is 0 Å². The van der Waals surface area contributed by atoms with Gasteiger partial charge in [-0.05, 0) is 44.0 Å². The number of para-hydroxylation sites is 1. The fraction of sp³-hybridized carbons (Fsp3) is 0.273. The largest absolute Gasteiger partial charge is 0.368 e. The second-order valence-electron chi connectivity index (χ2n) is 7.36. The standard InChI is InChI=1S/C22H24N6OS/c1-14-7-9-17(10-8-14)24-22-26-19(25-21(23)27-22)12-30-13-20(29)28-15(2)11-16-5-3-4-6-18(16)28/h3-10,15H,11-13H2,1-2H3,(H3,23,24,25,26,27)/t15-/m1/s1. The molecule has 1 amide bonds. The number of carbonyl (C=O) groups excluding carboxylic acids is 1. The van der Waals surface area contributed by atoms with Crippen molar-refractivity contribution in [3.63, 3.8) is 0 Å². The molecule has 0 fully saturated rings. The zero-order chi connectivity index (χ0) is 21.1. The maximum absolute atomic E-state index is 12.8. The molecule has 0 saturated carbocycles.